The van der Waals surface area contributed by atoms with Crippen molar-refractivity contribution in [2.75, 3.05) is 6.54 Å². The summed E-state index contributed by atoms with van der Waals surface area (Å²) in [6.45, 7) is 8.14. The van der Waals surface area contributed by atoms with Crippen molar-refractivity contribution in [3.05, 3.63) is 0 Å². The Morgan fingerprint density at radius 1 is 1.29 bits per heavy atom. The third-order valence-electron chi connectivity index (χ3n) is 3.57. The van der Waals surface area contributed by atoms with Crippen molar-refractivity contribution < 1.29 is 0 Å². The summed E-state index contributed by atoms with van der Waals surface area (Å²) in [5.41, 5.74) is 0. The first-order valence-corrected chi connectivity index (χ1v) is 6.51. The molecule has 0 spiro atoms. The molecule has 0 saturated heterocycles. The second-order valence-electron chi connectivity index (χ2n) is 4.97. The number of rotatable bonds is 8. The van der Waals surface area contributed by atoms with E-state index in [0.717, 1.165) is 17.9 Å². The van der Waals surface area contributed by atoms with Gasteiger partial charge in [-0.3, -0.25) is 0 Å². The summed E-state index contributed by atoms with van der Waals surface area (Å²) in [5, 5.41) is 3.70. The first-order valence-electron chi connectivity index (χ1n) is 6.51. The molecule has 0 aromatic rings. The molecule has 1 fully saturated rings. The predicted octanol–water partition coefficient (Wildman–Crippen LogP) is 3.59. The van der Waals surface area contributed by atoms with Gasteiger partial charge in [-0.1, -0.05) is 40.0 Å². The average Bonchev–Trinajstić information content (AvgIpc) is 3.01. The van der Waals surface area contributed by atoms with E-state index in [1.54, 1.807) is 0 Å². The molecule has 14 heavy (non-hydrogen) atoms. The van der Waals surface area contributed by atoms with Gasteiger partial charge in [-0.05, 0) is 37.6 Å². The van der Waals surface area contributed by atoms with E-state index in [9.17, 15) is 0 Å². The third kappa shape index (κ3) is 4.45. The van der Waals surface area contributed by atoms with Gasteiger partial charge in [0.05, 0.1) is 0 Å². The van der Waals surface area contributed by atoms with Crippen LogP contribution >= 0.6 is 0 Å². The fourth-order valence-corrected chi connectivity index (χ4v) is 2.02. The van der Waals surface area contributed by atoms with Gasteiger partial charge in [-0.2, -0.15) is 0 Å². The largest absolute Gasteiger partial charge is 0.314 e. The molecule has 2 atom stereocenters. The highest BCUT2D eigenvalue weighted by molar-refractivity contribution is 4.79. The summed E-state index contributed by atoms with van der Waals surface area (Å²) in [6.07, 6.45) is 8.44. The summed E-state index contributed by atoms with van der Waals surface area (Å²) in [7, 11) is 0. The molecule has 0 amide bonds. The van der Waals surface area contributed by atoms with Crippen molar-refractivity contribution in [3.63, 3.8) is 0 Å². The van der Waals surface area contributed by atoms with Crippen LogP contribution in [0.4, 0.5) is 0 Å². The Bertz CT molecular complexity index is 140. The lowest BCUT2D eigenvalue weighted by Gasteiger charge is -2.24. The van der Waals surface area contributed by atoms with Crippen LogP contribution in [0.2, 0.25) is 0 Å². The Kier molecular flexibility index (Phi) is 5.54. The van der Waals surface area contributed by atoms with E-state index >= 15 is 0 Å². The SMILES string of the molecule is CCCNC(CCC1CC1)C(C)CC. The van der Waals surface area contributed by atoms with E-state index in [4.69, 9.17) is 0 Å². The maximum atomic E-state index is 3.70. The van der Waals surface area contributed by atoms with Gasteiger partial charge in [0.25, 0.3) is 0 Å². The molecule has 84 valence electrons. The van der Waals surface area contributed by atoms with E-state index < -0.39 is 0 Å². The first kappa shape index (κ1) is 12.0. The summed E-state index contributed by atoms with van der Waals surface area (Å²) in [4.78, 5) is 0. The monoisotopic (exact) mass is 197 g/mol. The molecule has 0 aromatic heterocycles. The Morgan fingerprint density at radius 3 is 2.50 bits per heavy atom. The summed E-state index contributed by atoms with van der Waals surface area (Å²) < 4.78 is 0. The highest BCUT2D eigenvalue weighted by Crippen LogP contribution is 2.34. The standard InChI is InChI=1S/C13H27N/c1-4-10-14-13(11(3)5-2)9-8-12-6-7-12/h11-14H,4-10H2,1-3H3. The van der Waals surface area contributed by atoms with Gasteiger partial charge >= 0.3 is 0 Å². The molecule has 1 rings (SSSR count). The first-order chi connectivity index (χ1) is 6.77. The molecule has 1 heteroatoms. The van der Waals surface area contributed by atoms with E-state index in [2.05, 4.69) is 26.1 Å². The van der Waals surface area contributed by atoms with Crippen LogP contribution in [-0.2, 0) is 0 Å². The average molecular weight is 197 g/mol. The molecule has 1 N–H and O–H groups in total. The van der Waals surface area contributed by atoms with Crippen molar-refractivity contribution >= 4 is 0 Å². The molecule has 2 unspecified atom stereocenters. The van der Waals surface area contributed by atoms with Crippen LogP contribution in [0.5, 0.6) is 0 Å². The van der Waals surface area contributed by atoms with E-state index in [1.807, 2.05) is 0 Å². The van der Waals surface area contributed by atoms with Crippen molar-refractivity contribution in [1.82, 2.24) is 5.32 Å². The molecule has 0 heterocycles. The Hall–Kier alpha value is -0.0400. The summed E-state index contributed by atoms with van der Waals surface area (Å²) >= 11 is 0. The van der Waals surface area contributed by atoms with Crippen molar-refractivity contribution in [2.45, 2.75) is 65.3 Å². The highest BCUT2D eigenvalue weighted by Gasteiger charge is 2.23. The normalized spacial score (nSPS) is 20.8. The topological polar surface area (TPSA) is 12.0 Å². The van der Waals surface area contributed by atoms with E-state index in [1.165, 1.54) is 45.1 Å². The lowest BCUT2D eigenvalue weighted by molar-refractivity contribution is 0.337. The second-order valence-corrected chi connectivity index (χ2v) is 4.97. The molecular formula is C13H27N. The van der Waals surface area contributed by atoms with E-state index in [0.29, 0.717) is 0 Å². The minimum Gasteiger partial charge on any atom is -0.314 e. The molecule has 1 aliphatic rings. The van der Waals surface area contributed by atoms with Gasteiger partial charge in [-0.15, -0.1) is 0 Å². The number of nitrogens with one attached hydrogen (secondary N) is 1. The zero-order valence-corrected chi connectivity index (χ0v) is 10.2. The van der Waals surface area contributed by atoms with E-state index in [-0.39, 0.29) is 0 Å². The molecule has 1 aliphatic carbocycles. The van der Waals surface area contributed by atoms with Crippen LogP contribution < -0.4 is 5.32 Å². The van der Waals surface area contributed by atoms with Crippen LogP contribution in [0.15, 0.2) is 0 Å². The van der Waals surface area contributed by atoms with Crippen LogP contribution in [0.25, 0.3) is 0 Å². The lowest BCUT2D eigenvalue weighted by Crippen LogP contribution is -2.35. The molecule has 0 aromatic carbocycles. The fraction of sp³-hybridized carbons (Fsp3) is 1.00. The zero-order chi connectivity index (χ0) is 10.4. The van der Waals surface area contributed by atoms with Gasteiger partial charge in [0, 0.05) is 6.04 Å². The fourth-order valence-electron chi connectivity index (χ4n) is 2.02. The smallest absolute Gasteiger partial charge is 0.00926 e. The molecule has 1 saturated carbocycles. The van der Waals surface area contributed by atoms with Crippen LogP contribution in [0, 0.1) is 11.8 Å². The molecule has 0 aliphatic heterocycles. The third-order valence-corrected chi connectivity index (χ3v) is 3.57. The van der Waals surface area contributed by atoms with Crippen molar-refractivity contribution in [2.24, 2.45) is 11.8 Å². The summed E-state index contributed by atoms with van der Waals surface area (Å²) in [5.74, 6) is 1.94. The maximum Gasteiger partial charge on any atom is 0.00926 e. The lowest BCUT2D eigenvalue weighted by atomic mass is 9.94. The Balaban J connectivity index is 2.18. The van der Waals surface area contributed by atoms with Crippen molar-refractivity contribution in [1.29, 1.82) is 0 Å². The number of hydrogen-bond donors (Lipinski definition) is 1. The van der Waals surface area contributed by atoms with Gasteiger partial charge in [0.2, 0.25) is 0 Å². The molecule has 0 radical (unpaired) electrons. The maximum absolute atomic E-state index is 3.70. The second kappa shape index (κ2) is 6.44. The molecular weight excluding hydrogens is 170 g/mol. The van der Waals surface area contributed by atoms with Gasteiger partial charge in [0.1, 0.15) is 0 Å². The van der Waals surface area contributed by atoms with Gasteiger partial charge in [-0.25, -0.2) is 0 Å². The minimum atomic E-state index is 0.778. The quantitative estimate of drug-likeness (QED) is 0.627. The minimum absolute atomic E-state index is 0.778. The van der Waals surface area contributed by atoms with Gasteiger partial charge < -0.3 is 5.32 Å². The van der Waals surface area contributed by atoms with Crippen LogP contribution in [0.3, 0.4) is 0 Å². The predicted molar refractivity (Wildman–Crippen MR) is 63.5 cm³/mol. The summed E-state index contributed by atoms with van der Waals surface area (Å²) in [6, 6.07) is 0.778. The highest BCUT2D eigenvalue weighted by atomic mass is 14.9. The Morgan fingerprint density at radius 2 is 2.00 bits per heavy atom. The Labute approximate surface area is 89.7 Å². The zero-order valence-electron chi connectivity index (χ0n) is 10.2. The molecule has 1 nitrogen and oxygen atoms in total. The number of hydrogen-bond acceptors (Lipinski definition) is 1. The van der Waals surface area contributed by atoms with Crippen molar-refractivity contribution in [3.8, 4) is 0 Å². The van der Waals surface area contributed by atoms with Crippen LogP contribution in [-0.4, -0.2) is 12.6 Å². The van der Waals surface area contributed by atoms with Gasteiger partial charge in [0.15, 0.2) is 0 Å². The van der Waals surface area contributed by atoms with Crippen LogP contribution in [0.1, 0.15) is 59.3 Å². The molecule has 0 bridgehead atoms.